The molecule has 2 heterocycles. The topological polar surface area (TPSA) is 132 Å². The Balaban J connectivity index is 2.39. The smallest absolute Gasteiger partial charge is 0.280 e. The van der Waals surface area contributed by atoms with Crippen molar-refractivity contribution in [1.29, 1.82) is 0 Å². The molecular formula is C11H16N7O4P. The summed E-state index contributed by atoms with van der Waals surface area (Å²) in [7, 11) is 3.57. The van der Waals surface area contributed by atoms with Crippen LogP contribution in [0.3, 0.4) is 0 Å². The molecule has 2 N–H and O–H groups in total. The highest BCUT2D eigenvalue weighted by Gasteiger charge is 2.21. The van der Waals surface area contributed by atoms with Crippen molar-refractivity contribution in [1.82, 2.24) is 25.4 Å². The Labute approximate surface area is 133 Å². The summed E-state index contributed by atoms with van der Waals surface area (Å²) in [5, 5.41) is 20.2. The highest BCUT2D eigenvalue weighted by molar-refractivity contribution is 7.15. The number of aromatic nitrogens is 3. The number of nitrogens with one attached hydrogen (secondary N) is 2. The number of rotatable bonds is 2. The van der Waals surface area contributed by atoms with Crippen molar-refractivity contribution in [3.05, 3.63) is 11.4 Å². The Morgan fingerprint density at radius 1 is 1.22 bits per heavy atom. The number of carbonyl (C=O) groups is 2. The van der Waals surface area contributed by atoms with Crippen LogP contribution >= 0.6 is 9.39 Å². The molecule has 0 saturated carbocycles. The summed E-state index contributed by atoms with van der Waals surface area (Å²) in [6, 6.07) is 0. The summed E-state index contributed by atoms with van der Waals surface area (Å²) in [6.07, 6.45) is 0.125. The standard InChI is InChI=1S/C11H16N7O4P/c1-6-9-3-7(11(20)16-23)14-21-5-22-15-8(10(19)12-2)4-18(9)17-13-6/h3-5,23H2,1-2H3,(H,12,19)(H,16,20)/b14-7?,15-8+. The van der Waals surface area contributed by atoms with Crippen molar-refractivity contribution in [3.8, 4) is 0 Å². The number of nitrogens with zero attached hydrogens (tertiary/aromatic N) is 5. The fourth-order valence-corrected chi connectivity index (χ4v) is 1.99. The van der Waals surface area contributed by atoms with Crippen molar-refractivity contribution < 1.29 is 19.3 Å². The molecule has 0 fully saturated rings. The molecule has 1 aliphatic heterocycles. The van der Waals surface area contributed by atoms with E-state index in [2.05, 4.69) is 40.4 Å². The summed E-state index contributed by atoms with van der Waals surface area (Å²) in [4.78, 5) is 33.5. The van der Waals surface area contributed by atoms with Gasteiger partial charge in [0, 0.05) is 13.5 Å². The first kappa shape index (κ1) is 16.8. The molecule has 11 nitrogen and oxygen atoms in total. The van der Waals surface area contributed by atoms with E-state index in [1.807, 2.05) is 0 Å². The Hall–Kier alpha value is -2.55. The van der Waals surface area contributed by atoms with Crippen molar-refractivity contribution in [2.75, 3.05) is 13.8 Å². The van der Waals surface area contributed by atoms with Crippen LogP contribution in [-0.4, -0.2) is 52.1 Å². The monoisotopic (exact) mass is 341 g/mol. The van der Waals surface area contributed by atoms with Crippen LogP contribution < -0.4 is 10.4 Å². The molecule has 0 aliphatic carbocycles. The van der Waals surface area contributed by atoms with Crippen molar-refractivity contribution in [2.45, 2.75) is 19.9 Å². The third kappa shape index (κ3) is 4.01. The van der Waals surface area contributed by atoms with E-state index in [0.29, 0.717) is 11.4 Å². The lowest BCUT2D eigenvalue weighted by Gasteiger charge is -2.08. The van der Waals surface area contributed by atoms with Crippen LogP contribution in [0.2, 0.25) is 0 Å². The molecule has 0 aromatic carbocycles. The van der Waals surface area contributed by atoms with Crippen LogP contribution in [-0.2, 0) is 32.2 Å². The lowest BCUT2D eigenvalue weighted by molar-refractivity contribution is -0.115. The first-order chi connectivity index (χ1) is 11.1. The molecule has 0 radical (unpaired) electrons. The predicted molar refractivity (Wildman–Crippen MR) is 82.3 cm³/mol. The van der Waals surface area contributed by atoms with E-state index in [1.54, 1.807) is 6.92 Å². The van der Waals surface area contributed by atoms with Crippen LogP contribution in [0.25, 0.3) is 0 Å². The molecular weight excluding hydrogens is 325 g/mol. The highest BCUT2D eigenvalue weighted by atomic mass is 31.0. The fraction of sp³-hybridized carbons (Fsp3) is 0.455. The van der Waals surface area contributed by atoms with Crippen molar-refractivity contribution in [2.24, 2.45) is 10.3 Å². The molecule has 12 heteroatoms. The van der Waals surface area contributed by atoms with Gasteiger partial charge in [-0.1, -0.05) is 15.5 Å². The average molecular weight is 341 g/mol. The second-order valence-corrected chi connectivity index (χ2v) is 4.75. The van der Waals surface area contributed by atoms with Gasteiger partial charge in [0.15, 0.2) is 11.4 Å². The Bertz CT molecular complexity index is 669. The van der Waals surface area contributed by atoms with Crippen LogP contribution in [0.15, 0.2) is 10.3 Å². The number of aryl methyl sites for hydroxylation is 1. The molecule has 0 bridgehead atoms. The fourth-order valence-electron chi connectivity index (χ4n) is 1.82. The minimum Gasteiger partial charge on any atom is -0.354 e. The maximum absolute atomic E-state index is 11.9. The lowest BCUT2D eigenvalue weighted by atomic mass is 10.1. The summed E-state index contributed by atoms with van der Waals surface area (Å²) >= 11 is 0. The molecule has 0 spiro atoms. The molecule has 1 atom stereocenters. The van der Waals surface area contributed by atoms with Gasteiger partial charge >= 0.3 is 0 Å². The predicted octanol–water partition coefficient (Wildman–Crippen LogP) is -1.50. The maximum Gasteiger partial charge on any atom is 0.280 e. The largest absolute Gasteiger partial charge is 0.354 e. The van der Waals surface area contributed by atoms with E-state index >= 15 is 0 Å². The second-order valence-electron chi connectivity index (χ2n) is 4.46. The van der Waals surface area contributed by atoms with Gasteiger partial charge in [-0.15, -0.1) is 5.10 Å². The van der Waals surface area contributed by atoms with E-state index in [4.69, 9.17) is 9.68 Å². The van der Waals surface area contributed by atoms with Gasteiger partial charge in [0.25, 0.3) is 18.6 Å². The molecule has 1 aromatic heterocycles. The average Bonchev–Trinajstić information content (AvgIpc) is 2.88. The Kier molecular flexibility index (Phi) is 5.58. The van der Waals surface area contributed by atoms with Gasteiger partial charge in [-0.25, -0.2) is 4.68 Å². The normalized spacial score (nSPS) is 17.2. The summed E-state index contributed by atoms with van der Waals surface area (Å²) in [5.41, 5.74) is 1.41. The number of amides is 2. The maximum atomic E-state index is 11.9. The zero-order valence-electron chi connectivity index (χ0n) is 12.6. The summed E-state index contributed by atoms with van der Waals surface area (Å²) in [6.45, 7) is 1.43. The molecule has 2 amide bonds. The minimum atomic E-state index is -0.436. The first-order valence-corrected chi connectivity index (χ1v) is 7.14. The number of hydrogen-bond donors (Lipinski definition) is 2. The summed E-state index contributed by atoms with van der Waals surface area (Å²) < 4.78 is 1.46. The van der Waals surface area contributed by atoms with Gasteiger partial charge in [0.05, 0.1) is 17.9 Å². The van der Waals surface area contributed by atoms with Gasteiger partial charge in [0.1, 0.15) is 0 Å². The Morgan fingerprint density at radius 3 is 2.57 bits per heavy atom. The third-order valence-electron chi connectivity index (χ3n) is 3.00. The van der Waals surface area contributed by atoms with Crippen LogP contribution in [0.4, 0.5) is 0 Å². The first-order valence-electron chi connectivity index (χ1n) is 6.56. The Morgan fingerprint density at radius 2 is 1.91 bits per heavy atom. The molecule has 124 valence electrons. The lowest BCUT2D eigenvalue weighted by Crippen LogP contribution is -2.32. The van der Waals surface area contributed by atoms with E-state index in [1.165, 1.54) is 11.7 Å². The molecule has 2 rings (SSSR count). The quantitative estimate of drug-likeness (QED) is 0.629. The van der Waals surface area contributed by atoms with E-state index in [9.17, 15) is 9.59 Å². The summed E-state index contributed by atoms with van der Waals surface area (Å²) in [5.74, 6) is -0.860. The van der Waals surface area contributed by atoms with E-state index < -0.39 is 11.8 Å². The van der Waals surface area contributed by atoms with Crippen LogP contribution in [0.5, 0.6) is 0 Å². The zero-order chi connectivity index (χ0) is 16.8. The van der Waals surface area contributed by atoms with E-state index in [-0.39, 0.29) is 31.2 Å². The van der Waals surface area contributed by atoms with Crippen LogP contribution in [0.1, 0.15) is 11.4 Å². The number of hydrogen-bond acceptors (Lipinski definition) is 8. The van der Waals surface area contributed by atoms with Crippen molar-refractivity contribution >= 4 is 32.6 Å². The van der Waals surface area contributed by atoms with Crippen LogP contribution in [0, 0.1) is 6.92 Å². The van der Waals surface area contributed by atoms with Gasteiger partial charge in [0.2, 0.25) is 0 Å². The molecule has 1 aliphatic rings. The van der Waals surface area contributed by atoms with Crippen molar-refractivity contribution in [3.63, 3.8) is 0 Å². The molecule has 0 saturated heterocycles. The minimum absolute atomic E-state index is 0.0334. The molecule has 23 heavy (non-hydrogen) atoms. The second kappa shape index (κ2) is 7.63. The van der Waals surface area contributed by atoms with Gasteiger partial charge in [-0.3, -0.25) is 9.59 Å². The zero-order valence-corrected chi connectivity index (χ0v) is 13.7. The van der Waals surface area contributed by atoms with E-state index in [0.717, 1.165) is 0 Å². The van der Waals surface area contributed by atoms with Gasteiger partial charge < -0.3 is 20.1 Å². The molecule has 1 aromatic rings. The molecule has 1 unspecified atom stereocenters. The third-order valence-corrected chi connectivity index (χ3v) is 3.27. The highest BCUT2D eigenvalue weighted by Crippen LogP contribution is 2.09. The number of oxime groups is 2. The number of fused-ring (bicyclic) bond motifs is 1. The number of carbonyl (C=O) groups excluding carboxylic acids is 2. The van der Waals surface area contributed by atoms with Gasteiger partial charge in [-0.05, 0) is 16.3 Å². The SMILES string of the molecule is CNC(=O)/C1=N/OCON=C(C(=O)NP)Cc2c(C)nnn2C1. The van der Waals surface area contributed by atoms with Gasteiger partial charge in [-0.2, -0.15) is 0 Å².